The van der Waals surface area contributed by atoms with Crippen LogP contribution in [0.25, 0.3) is 10.9 Å². The Hall–Kier alpha value is -2.12. The SMILES string of the molecule is O=c1c2cc(Cl)cc(Cl)c2ncn1Cc1csc(COc2ccc(Cl)cc2)n1. The first kappa shape index (κ1) is 19.2. The van der Waals surface area contributed by atoms with Gasteiger partial charge in [-0.25, -0.2) is 9.97 Å². The lowest BCUT2D eigenvalue weighted by molar-refractivity contribution is 0.305. The van der Waals surface area contributed by atoms with Crippen molar-refractivity contribution in [3.8, 4) is 5.75 Å². The topological polar surface area (TPSA) is 57.0 Å². The Morgan fingerprint density at radius 3 is 2.64 bits per heavy atom. The standard InChI is InChI=1S/C19H12Cl3N3O2S/c20-11-1-3-14(4-2-11)27-8-17-24-13(9-28-17)7-25-10-23-18-15(19(25)26)5-12(21)6-16(18)22/h1-6,9-10H,7-8H2. The van der Waals surface area contributed by atoms with Crippen LogP contribution in [-0.2, 0) is 13.2 Å². The van der Waals surface area contributed by atoms with Crippen LogP contribution in [0.4, 0.5) is 0 Å². The van der Waals surface area contributed by atoms with Crippen molar-refractivity contribution in [3.05, 3.63) is 84.2 Å². The molecule has 2 aromatic heterocycles. The summed E-state index contributed by atoms with van der Waals surface area (Å²) in [6, 6.07) is 10.3. The number of hydrogen-bond donors (Lipinski definition) is 0. The molecule has 0 fully saturated rings. The van der Waals surface area contributed by atoms with Crippen molar-refractivity contribution in [1.29, 1.82) is 0 Å². The molecule has 0 radical (unpaired) electrons. The van der Waals surface area contributed by atoms with Gasteiger partial charge in [-0.3, -0.25) is 9.36 Å². The number of aromatic nitrogens is 3. The highest BCUT2D eigenvalue weighted by molar-refractivity contribution is 7.09. The maximum Gasteiger partial charge on any atom is 0.261 e. The molecule has 0 atom stereocenters. The van der Waals surface area contributed by atoms with Gasteiger partial charge in [0.25, 0.3) is 5.56 Å². The molecule has 0 saturated carbocycles. The number of rotatable bonds is 5. The molecular weight excluding hydrogens is 441 g/mol. The molecule has 0 aliphatic carbocycles. The predicted molar refractivity (Wildman–Crippen MR) is 113 cm³/mol. The van der Waals surface area contributed by atoms with Crippen molar-refractivity contribution in [1.82, 2.24) is 14.5 Å². The Morgan fingerprint density at radius 1 is 1.07 bits per heavy atom. The van der Waals surface area contributed by atoms with Gasteiger partial charge in [-0.15, -0.1) is 11.3 Å². The normalized spacial score (nSPS) is 11.1. The number of fused-ring (bicyclic) bond motifs is 1. The Kier molecular flexibility index (Phi) is 5.55. The van der Waals surface area contributed by atoms with E-state index in [1.807, 2.05) is 5.38 Å². The van der Waals surface area contributed by atoms with Gasteiger partial charge in [-0.05, 0) is 36.4 Å². The zero-order valence-corrected chi connectivity index (χ0v) is 17.3. The molecule has 0 amide bonds. The van der Waals surface area contributed by atoms with E-state index in [2.05, 4.69) is 9.97 Å². The lowest BCUT2D eigenvalue weighted by Crippen LogP contribution is -2.21. The monoisotopic (exact) mass is 451 g/mol. The zero-order chi connectivity index (χ0) is 19.7. The van der Waals surface area contributed by atoms with Crippen LogP contribution >= 0.6 is 46.1 Å². The largest absolute Gasteiger partial charge is 0.486 e. The summed E-state index contributed by atoms with van der Waals surface area (Å²) >= 11 is 19.5. The molecular formula is C19H12Cl3N3O2S. The molecule has 142 valence electrons. The van der Waals surface area contributed by atoms with Crippen molar-refractivity contribution < 1.29 is 4.74 Å². The molecule has 4 rings (SSSR count). The van der Waals surface area contributed by atoms with E-state index in [-0.39, 0.29) is 5.56 Å². The first-order valence-electron chi connectivity index (χ1n) is 8.15. The zero-order valence-electron chi connectivity index (χ0n) is 14.2. The van der Waals surface area contributed by atoms with Crippen LogP contribution in [-0.4, -0.2) is 14.5 Å². The molecule has 5 nitrogen and oxygen atoms in total. The summed E-state index contributed by atoms with van der Waals surface area (Å²) in [5, 5.41) is 4.47. The molecule has 0 saturated heterocycles. The third-order valence-corrected chi connectivity index (χ3v) is 5.58. The first-order chi connectivity index (χ1) is 13.5. The lowest BCUT2D eigenvalue weighted by Gasteiger charge is -2.06. The Labute approximate surface area is 179 Å². The lowest BCUT2D eigenvalue weighted by atomic mass is 10.2. The number of benzene rings is 2. The maximum absolute atomic E-state index is 12.7. The average Bonchev–Trinajstić information content (AvgIpc) is 3.11. The van der Waals surface area contributed by atoms with Crippen molar-refractivity contribution in [2.24, 2.45) is 0 Å². The van der Waals surface area contributed by atoms with E-state index in [4.69, 9.17) is 39.5 Å². The maximum atomic E-state index is 12.7. The predicted octanol–water partition coefficient (Wildman–Crippen LogP) is 5.44. The molecule has 0 N–H and O–H groups in total. The van der Waals surface area contributed by atoms with Crippen molar-refractivity contribution >= 4 is 57.0 Å². The van der Waals surface area contributed by atoms with Crippen LogP contribution in [0.1, 0.15) is 10.7 Å². The number of thiazole rings is 1. The van der Waals surface area contributed by atoms with Gasteiger partial charge in [-0.2, -0.15) is 0 Å². The highest BCUT2D eigenvalue weighted by Crippen LogP contribution is 2.24. The van der Waals surface area contributed by atoms with Gasteiger partial charge < -0.3 is 4.74 Å². The van der Waals surface area contributed by atoms with Gasteiger partial charge in [0.2, 0.25) is 0 Å². The highest BCUT2D eigenvalue weighted by Gasteiger charge is 2.11. The van der Waals surface area contributed by atoms with Crippen LogP contribution < -0.4 is 10.3 Å². The Balaban J connectivity index is 1.51. The number of hydrogen-bond acceptors (Lipinski definition) is 5. The molecule has 0 aliphatic rings. The Bertz CT molecular complexity index is 1210. The van der Waals surface area contributed by atoms with Crippen LogP contribution in [0.3, 0.4) is 0 Å². The van der Waals surface area contributed by atoms with E-state index in [1.165, 1.54) is 22.2 Å². The second-order valence-electron chi connectivity index (χ2n) is 5.94. The van der Waals surface area contributed by atoms with E-state index in [9.17, 15) is 4.79 Å². The van der Waals surface area contributed by atoms with Crippen LogP contribution in [0.15, 0.2) is 52.9 Å². The summed E-state index contributed by atoms with van der Waals surface area (Å²) in [6.45, 7) is 0.631. The van der Waals surface area contributed by atoms with Gasteiger partial charge in [-0.1, -0.05) is 34.8 Å². The minimum atomic E-state index is -0.221. The summed E-state index contributed by atoms with van der Waals surface area (Å²) in [6.07, 6.45) is 1.47. The Morgan fingerprint density at radius 2 is 1.86 bits per heavy atom. The molecule has 2 aromatic carbocycles. The fourth-order valence-corrected chi connectivity index (χ4v) is 4.01. The highest BCUT2D eigenvalue weighted by atomic mass is 35.5. The average molecular weight is 453 g/mol. The van der Waals surface area contributed by atoms with Crippen LogP contribution in [0.5, 0.6) is 5.75 Å². The molecule has 2 heterocycles. The fourth-order valence-electron chi connectivity index (χ4n) is 2.65. The minimum absolute atomic E-state index is 0.221. The number of halogens is 3. The number of nitrogens with zero attached hydrogens (tertiary/aromatic N) is 3. The van der Waals surface area contributed by atoms with Crippen molar-refractivity contribution in [2.75, 3.05) is 0 Å². The van der Waals surface area contributed by atoms with Gasteiger partial charge in [0.15, 0.2) is 0 Å². The molecule has 4 aromatic rings. The third kappa shape index (κ3) is 4.15. The van der Waals surface area contributed by atoms with E-state index in [0.717, 1.165) is 10.7 Å². The van der Waals surface area contributed by atoms with Gasteiger partial charge in [0, 0.05) is 15.4 Å². The van der Waals surface area contributed by atoms with Crippen LogP contribution in [0, 0.1) is 0 Å². The quantitative estimate of drug-likeness (QED) is 0.404. The molecule has 28 heavy (non-hydrogen) atoms. The smallest absolute Gasteiger partial charge is 0.261 e. The summed E-state index contributed by atoms with van der Waals surface area (Å²) in [5.41, 5.74) is 0.958. The van der Waals surface area contributed by atoms with Crippen molar-refractivity contribution in [2.45, 2.75) is 13.2 Å². The molecule has 0 unspecified atom stereocenters. The van der Waals surface area contributed by atoms with E-state index >= 15 is 0 Å². The molecule has 0 spiro atoms. The van der Waals surface area contributed by atoms with Gasteiger partial charge in [0.05, 0.1) is 34.5 Å². The summed E-state index contributed by atoms with van der Waals surface area (Å²) in [7, 11) is 0. The number of ether oxygens (including phenoxy) is 1. The molecule has 9 heteroatoms. The molecule has 0 aliphatic heterocycles. The summed E-state index contributed by atoms with van der Waals surface area (Å²) < 4.78 is 7.18. The summed E-state index contributed by atoms with van der Waals surface area (Å²) in [4.78, 5) is 21.5. The molecule has 0 bridgehead atoms. The minimum Gasteiger partial charge on any atom is -0.486 e. The van der Waals surface area contributed by atoms with Crippen molar-refractivity contribution in [3.63, 3.8) is 0 Å². The first-order valence-corrected chi connectivity index (χ1v) is 10.2. The van der Waals surface area contributed by atoms with Crippen LogP contribution in [0.2, 0.25) is 15.1 Å². The fraction of sp³-hybridized carbons (Fsp3) is 0.105. The summed E-state index contributed by atoms with van der Waals surface area (Å²) in [5.74, 6) is 0.713. The second-order valence-corrected chi connectivity index (χ2v) is 8.16. The van der Waals surface area contributed by atoms with Gasteiger partial charge >= 0.3 is 0 Å². The van der Waals surface area contributed by atoms with E-state index < -0.39 is 0 Å². The van der Waals surface area contributed by atoms with E-state index in [0.29, 0.717) is 44.9 Å². The van der Waals surface area contributed by atoms with Gasteiger partial charge in [0.1, 0.15) is 17.4 Å². The third-order valence-electron chi connectivity index (χ3n) is 3.95. The second kappa shape index (κ2) is 8.09. The van der Waals surface area contributed by atoms with E-state index in [1.54, 1.807) is 36.4 Å².